The van der Waals surface area contributed by atoms with E-state index in [0.717, 1.165) is 7.11 Å². The minimum absolute atomic E-state index is 0.182. The molecule has 0 aliphatic heterocycles. The fourth-order valence-electron chi connectivity index (χ4n) is 0.905. The zero-order chi connectivity index (χ0) is 12.7. The number of methoxy groups -OCH3 is 2. The molecule has 0 N–H and O–H groups in total. The van der Waals surface area contributed by atoms with Gasteiger partial charge in [-0.25, -0.2) is 4.79 Å². The largest absolute Gasteiger partial charge is 0.469 e. The summed E-state index contributed by atoms with van der Waals surface area (Å²) in [5, 5.41) is 0. The third-order valence-corrected chi connectivity index (χ3v) is 1.63. The Labute approximate surface area is 93.8 Å². The van der Waals surface area contributed by atoms with Gasteiger partial charge < -0.3 is 14.4 Å². The van der Waals surface area contributed by atoms with Crippen molar-refractivity contribution >= 4 is 17.7 Å². The molecule has 0 saturated heterocycles. The van der Waals surface area contributed by atoms with Crippen LogP contribution in [0, 0.1) is 0 Å². The fraction of sp³-hybridized carbons (Fsp3) is 0.500. The van der Waals surface area contributed by atoms with Crippen LogP contribution in [0.5, 0.6) is 0 Å². The summed E-state index contributed by atoms with van der Waals surface area (Å²) < 4.78 is 8.78. The quantitative estimate of drug-likeness (QED) is 0.280. The van der Waals surface area contributed by atoms with Gasteiger partial charge in [0.1, 0.15) is 12.0 Å². The monoisotopic (exact) mass is 229 g/mol. The van der Waals surface area contributed by atoms with Crippen LogP contribution in [-0.4, -0.2) is 50.9 Å². The predicted octanol–water partition coefficient (Wildman–Crippen LogP) is -0.263. The van der Waals surface area contributed by atoms with Gasteiger partial charge in [-0.05, 0) is 0 Å². The van der Waals surface area contributed by atoms with Gasteiger partial charge in [0, 0.05) is 20.3 Å². The van der Waals surface area contributed by atoms with Crippen LogP contribution in [0.1, 0.15) is 6.42 Å². The first kappa shape index (κ1) is 14.2. The first-order chi connectivity index (χ1) is 7.42. The van der Waals surface area contributed by atoms with E-state index >= 15 is 0 Å². The summed E-state index contributed by atoms with van der Waals surface area (Å²) >= 11 is 0. The number of hydrogen-bond donors (Lipinski definition) is 0. The number of carbonyl (C=O) groups is 3. The number of ether oxygens (including phenoxy) is 2. The van der Waals surface area contributed by atoms with Gasteiger partial charge >= 0.3 is 11.9 Å². The molecule has 0 saturated carbocycles. The molecule has 6 nitrogen and oxygen atoms in total. The summed E-state index contributed by atoms with van der Waals surface area (Å²) in [5.74, 6) is -2.10. The highest BCUT2D eigenvalue weighted by atomic mass is 16.5. The highest BCUT2D eigenvalue weighted by Gasteiger charge is 2.22. The third-order valence-electron chi connectivity index (χ3n) is 1.63. The van der Waals surface area contributed by atoms with E-state index in [0.29, 0.717) is 0 Å². The first-order valence-electron chi connectivity index (χ1n) is 4.49. The van der Waals surface area contributed by atoms with Crippen molar-refractivity contribution in [3.8, 4) is 0 Å². The Hall–Kier alpha value is -1.85. The van der Waals surface area contributed by atoms with Crippen molar-refractivity contribution in [3.63, 3.8) is 0 Å². The molecule has 0 bridgehead atoms. The summed E-state index contributed by atoms with van der Waals surface area (Å²) in [4.78, 5) is 35.2. The number of Topliss-reactive ketones (excluding diaryl/α,β-unsaturated/α-hetero) is 1. The minimum atomic E-state index is -0.775. The first-order valence-corrected chi connectivity index (χ1v) is 4.49. The summed E-state index contributed by atoms with van der Waals surface area (Å²) in [6, 6.07) is 0. The molecule has 0 aromatic heterocycles. The summed E-state index contributed by atoms with van der Waals surface area (Å²) in [6.45, 7) is 0. The lowest BCUT2D eigenvalue weighted by molar-refractivity contribution is -0.143. The van der Waals surface area contributed by atoms with E-state index in [2.05, 4.69) is 9.47 Å². The standard InChI is InChI=1S/C10H15NO5/c1-11(2)6-7(10(14)16-4)8(12)5-9(13)15-3/h6H,5H2,1-4H3. The van der Waals surface area contributed by atoms with Crippen LogP contribution in [0.4, 0.5) is 0 Å². The van der Waals surface area contributed by atoms with Crippen LogP contribution in [0.25, 0.3) is 0 Å². The molecule has 16 heavy (non-hydrogen) atoms. The summed E-state index contributed by atoms with van der Waals surface area (Å²) in [6.07, 6.45) is 0.822. The zero-order valence-electron chi connectivity index (χ0n) is 9.77. The smallest absolute Gasteiger partial charge is 0.343 e. The van der Waals surface area contributed by atoms with Gasteiger partial charge in [0.2, 0.25) is 0 Å². The molecule has 0 fully saturated rings. The van der Waals surface area contributed by atoms with E-state index in [1.54, 1.807) is 14.1 Å². The molecule has 0 aliphatic rings. The Morgan fingerprint density at radius 3 is 2.06 bits per heavy atom. The van der Waals surface area contributed by atoms with E-state index in [9.17, 15) is 14.4 Å². The van der Waals surface area contributed by atoms with Gasteiger partial charge in [-0.3, -0.25) is 9.59 Å². The Balaban J connectivity index is 4.85. The second-order valence-electron chi connectivity index (χ2n) is 3.17. The van der Waals surface area contributed by atoms with Crippen LogP contribution in [0.2, 0.25) is 0 Å². The molecule has 0 rings (SSSR count). The normalized spacial score (nSPS) is 10.6. The van der Waals surface area contributed by atoms with Crippen molar-refractivity contribution in [2.24, 2.45) is 0 Å². The minimum Gasteiger partial charge on any atom is -0.469 e. The van der Waals surface area contributed by atoms with Gasteiger partial charge in [-0.15, -0.1) is 0 Å². The molecule has 0 atom stereocenters. The van der Waals surface area contributed by atoms with Crippen molar-refractivity contribution in [2.75, 3.05) is 28.3 Å². The molecule has 0 unspecified atom stereocenters. The number of rotatable bonds is 5. The SMILES string of the molecule is COC(=O)CC(=O)C(=CN(C)C)C(=O)OC. The number of hydrogen-bond acceptors (Lipinski definition) is 6. The van der Waals surface area contributed by atoms with E-state index in [1.165, 1.54) is 18.2 Å². The van der Waals surface area contributed by atoms with Crippen LogP contribution >= 0.6 is 0 Å². The third kappa shape index (κ3) is 4.59. The summed E-state index contributed by atoms with van der Waals surface area (Å²) in [7, 11) is 5.63. The highest BCUT2D eigenvalue weighted by Crippen LogP contribution is 2.04. The van der Waals surface area contributed by atoms with Crippen LogP contribution in [-0.2, 0) is 23.9 Å². The van der Waals surface area contributed by atoms with Crippen molar-refractivity contribution < 1.29 is 23.9 Å². The van der Waals surface area contributed by atoms with Crippen molar-refractivity contribution in [1.82, 2.24) is 4.90 Å². The molecule has 90 valence electrons. The molecule has 0 radical (unpaired) electrons. The van der Waals surface area contributed by atoms with Gasteiger partial charge in [-0.1, -0.05) is 0 Å². The van der Waals surface area contributed by atoms with E-state index < -0.39 is 24.1 Å². The van der Waals surface area contributed by atoms with Crippen LogP contribution < -0.4 is 0 Å². The molecule has 0 aliphatic carbocycles. The topological polar surface area (TPSA) is 72.9 Å². The van der Waals surface area contributed by atoms with Crippen molar-refractivity contribution in [3.05, 3.63) is 11.8 Å². The molecule has 0 aromatic rings. The molecular formula is C10H15NO5. The lowest BCUT2D eigenvalue weighted by Crippen LogP contribution is -2.20. The lowest BCUT2D eigenvalue weighted by atomic mass is 10.1. The maximum absolute atomic E-state index is 11.6. The van der Waals surface area contributed by atoms with E-state index in [4.69, 9.17) is 0 Å². The predicted molar refractivity (Wildman–Crippen MR) is 55.4 cm³/mol. The average molecular weight is 229 g/mol. The molecule has 6 heteroatoms. The molecule has 0 spiro atoms. The second-order valence-corrected chi connectivity index (χ2v) is 3.17. The zero-order valence-corrected chi connectivity index (χ0v) is 9.77. The lowest BCUT2D eigenvalue weighted by Gasteiger charge is -2.09. The maximum Gasteiger partial charge on any atom is 0.343 e. The van der Waals surface area contributed by atoms with E-state index in [-0.39, 0.29) is 5.57 Å². The van der Waals surface area contributed by atoms with Crippen LogP contribution in [0.3, 0.4) is 0 Å². The maximum atomic E-state index is 11.6. The van der Waals surface area contributed by atoms with Crippen LogP contribution in [0.15, 0.2) is 11.8 Å². The Morgan fingerprint density at radius 2 is 1.69 bits per heavy atom. The molecular weight excluding hydrogens is 214 g/mol. The highest BCUT2D eigenvalue weighted by molar-refractivity contribution is 6.20. The molecule has 0 heterocycles. The van der Waals surface area contributed by atoms with Gasteiger partial charge in [-0.2, -0.15) is 0 Å². The second kappa shape index (κ2) is 6.60. The number of carbonyl (C=O) groups excluding carboxylic acids is 3. The average Bonchev–Trinajstić information content (AvgIpc) is 2.24. The number of nitrogens with zero attached hydrogens (tertiary/aromatic N) is 1. The number of ketones is 1. The fourth-order valence-corrected chi connectivity index (χ4v) is 0.905. The Kier molecular flexibility index (Phi) is 5.84. The van der Waals surface area contributed by atoms with Gasteiger partial charge in [0.25, 0.3) is 0 Å². The van der Waals surface area contributed by atoms with Gasteiger partial charge in [0.15, 0.2) is 5.78 Å². The van der Waals surface area contributed by atoms with E-state index in [1.807, 2.05) is 0 Å². The Morgan fingerprint density at radius 1 is 1.12 bits per heavy atom. The number of esters is 2. The molecule has 0 amide bonds. The van der Waals surface area contributed by atoms with Crippen molar-refractivity contribution in [1.29, 1.82) is 0 Å². The molecule has 0 aromatic carbocycles. The summed E-state index contributed by atoms with van der Waals surface area (Å²) in [5.41, 5.74) is -0.182. The van der Waals surface area contributed by atoms with Gasteiger partial charge in [0.05, 0.1) is 14.2 Å². The van der Waals surface area contributed by atoms with Crippen molar-refractivity contribution in [2.45, 2.75) is 6.42 Å². The Bertz CT molecular complexity index is 319.